The third-order valence-corrected chi connectivity index (χ3v) is 5.90. The van der Waals surface area contributed by atoms with Gasteiger partial charge in [0.1, 0.15) is 17.2 Å². The highest BCUT2D eigenvalue weighted by Crippen LogP contribution is 2.34. The SMILES string of the molecule is COc1ccc(NC(=O)COC(=O)CNC(=O)c2sc3ccccc3c2Cl)cc1Cl. The molecule has 10 heteroatoms. The molecule has 30 heavy (non-hydrogen) atoms. The second kappa shape index (κ2) is 9.80. The van der Waals surface area contributed by atoms with Gasteiger partial charge in [-0.25, -0.2) is 0 Å². The van der Waals surface area contributed by atoms with Crippen molar-refractivity contribution >= 4 is 68.1 Å². The van der Waals surface area contributed by atoms with Gasteiger partial charge in [0.15, 0.2) is 6.61 Å². The minimum atomic E-state index is -0.761. The van der Waals surface area contributed by atoms with Crippen molar-refractivity contribution < 1.29 is 23.9 Å². The van der Waals surface area contributed by atoms with Crippen LogP contribution >= 0.6 is 34.5 Å². The lowest BCUT2D eigenvalue weighted by Crippen LogP contribution is -2.32. The van der Waals surface area contributed by atoms with E-state index in [4.69, 9.17) is 32.7 Å². The van der Waals surface area contributed by atoms with E-state index in [9.17, 15) is 14.4 Å². The number of esters is 1. The zero-order valence-corrected chi connectivity index (χ0v) is 18.0. The molecule has 7 nitrogen and oxygen atoms in total. The molecule has 0 radical (unpaired) electrons. The number of halogens is 2. The molecule has 0 fully saturated rings. The molecule has 0 aliphatic carbocycles. The average molecular weight is 467 g/mol. The highest BCUT2D eigenvalue weighted by Gasteiger charge is 2.18. The predicted octanol–water partition coefficient (Wildman–Crippen LogP) is 4.13. The summed E-state index contributed by atoms with van der Waals surface area (Å²) in [6.45, 7) is -0.910. The molecular formula is C20H16Cl2N2O5S. The number of rotatable bonds is 7. The Balaban J connectivity index is 1.47. The fourth-order valence-corrected chi connectivity index (χ4v) is 4.22. The van der Waals surface area contributed by atoms with Crippen LogP contribution in [0.1, 0.15) is 9.67 Å². The molecule has 0 atom stereocenters. The number of methoxy groups -OCH3 is 1. The topological polar surface area (TPSA) is 93.7 Å². The second-order valence-electron chi connectivity index (χ2n) is 5.98. The van der Waals surface area contributed by atoms with Gasteiger partial charge in [-0.3, -0.25) is 14.4 Å². The van der Waals surface area contributed by atoms with Gasteiger partial charge in [-0.1, -0.05) is 41.4 Å². The standard InChI is InChI=1S/C20H16Cl2N2O5S/c1-28-14-7-6-11(8-13(14)21)24-16(25)10-29-17(26)9-23-20(27)19-18(22)12-4-2-3-5-15(12)30-19/h2-8H,9-10H2,1H3,(H,23,27)(H,24,25). The van der Waals surface area contributed by atoms with Gasteiger partial charge in [0.05, 0.1) is 17.2 Å². The van der Waals surface area contributed by atoms with Gasteiger partial charge in [-0.15, -0.1) is 11.3 Å². The summed E-state index contributed by atoms with van der Waals surface area (Å²) in [5.41, 5.74) is 0.426. The van der Waals surface area contributed by atoms with Crippen molar-refractivity contribution in [2.45, 2.75) is 0 Å². The number of hydrogen-bond donors (Lipinski definition) is 2. The second-order valence-corrected chi connectivity index (χ2v) is 7.82. The molecule has 0 spiro atoms. The summed E-state index contributed by atoms with van der Waals surface area (Å²) >= 11 is 13.5. The summed E-state index contributed by atoms with van der Waals surface area (Å²) in [5.74, 6) is -1.34. The largest absolute Gasteiger partial charge is 0.495 e. The quantitative estimate of drug-likeness (QED) is 0.510. The van der Waals surface area contributed by atoms with Crippen LogP contribution in [0.3, 0.4) is 0 Å². The molecule has 0 aliphatic heterocycles. The Morgan fingerprint density at radius 3 is 2.57 bits per heavy atom. The van der Waals surface area contributed by atoms with Crippen molar-refractivity contribution in [2.24, 2.45) is 0 Å². The van der Waals surface area contributed by atoms with Crippen molar-refractivity contribution in [1.29, 1.82) is 0 Å². The van der Waals surface area contributed by atoms with Crippen molar-refractivity contribution in [2.75, 3.05) is 25.6 Å². The maximum absolute atomic E-state index is 12.3. The van der Waals surface area contributed by atoms with Gasteiger partial charge >= 0.3 is 5.97 Å². The Bertz CT molecular complexity index is 1120. The molecule has 2 amide bonds. The number of anilines is 1. The Morgan fingerprint density at radius 2 is 1.87 bits per heavy atom. The fourth-order valence-electron chi connectivity index (χ4n) is 2.53. The molecule has 0 saturated carbocycles. The number of carbonyl (C=O) groups excluding carboxylic acids is 3. The summed E-state index contributed by atoms with van der Waals surface area (Å²) in [6, 6.07) is 12.0. The summed E-state index contributed by atoms with van der Waals surface area (Å²) in [7, 11) is 1.48. The molecule has 0 aliphatic rings. The van der Waals surface area contributed by atoms with Crippen LogP contribution in [-0.4, -0.2) is 38.0 Å². The number of nitrogens with one attached hydrogen (secondary N) is 2. The lowest BCUT2D eigenvalue weighted by molar-refractivity contribution is -0.146. The van der Waals surface area contributed by atoms with Gasteiger partial charge in [0, 0.05) is 15.8 Å². The van der Waals surface area contributed by atoms with E-state index in [1.54, 1.807) is 12.1 Å². The van der Waals surface area contributed by atoms with E-state index in [0.29, 0.717) is 26.4 Å². The number of fused-ring (bicyclic) bond motifs is 1. The number of hydrogen-bond acceptors (Lipinski definition) is 6. The molecule has 1 heterocycles. The van der Waals surface area contributed by atoms with Crippen LogP contribution in [0, 0.1) is 0 Å². The predicted molar refractivity (Wildman–Crippen MR) is 117 cm³/mol. The third kappa shape index (κ3) is 5.21. The van der Waals surface area contributed by atoms with Crippen LogP contribution in [0.15, 0.2) is 42.5 Å². The number of thiophene rings is 1. The van der Waals surface area contributed by atoms with E-state index in [2.05, 4.69) is 10.6 Å². The fraction of sp³-hybridized carbons (Fsp3) is 0.150. The minimum absolute atomic E-state index is 0.305. The van der Waals surface area contributed by atoms with Crippen LogP contribution in [0.4, 0.5) is 5.69 Å². The minimum Gasteiger partial charge on any atom is -0.495 e. The maximum atomic E-state index is 12.3. The molecule has 1 aromatic heterocycles. The first kappa shape index (κ1) is 21.9. The Hall–Kier alpha value is -2.81. The van der Waals surface area contributed by atoms with Crippen molar-refractivity contribution in [3.05, 3.63) is 57.4 Å². The Kier molecular flexibility index (Phi) is 7.15. The molecule has 3 rings (SSSR count). The van der Waals surface area contributed by atoms with Crippen molar-refractivity contribution in [3.63, 3.8) is 0 Å². The first-order valence-electron chi connectivity index (χ1n) is 8.63. The van der Waals surface area contributed by atoms with Crippen LogP contribution in [-0.2, 0) is 14.3 Å². The van der Waals surface area contributed by atoms with E-state index >= 15 is 0 Å². The Labute approximate surface area is 185 Å². The summed E-state index contributed by atoms with van der Waals surface area (Å²) in [6.07, 6.45) is 0. The molecule has 0 bridgehead atoms. The molecule has 3 aromatic rings. The van der Waals surface area contributed by atoms with E-state index in [1.807, 2.05) is 24.3 Å². The average Bonchev–Trinajstić information content (AvgIpc) is 3.07. The lowest BCUT2D eigenvalue weighted by atomic mass is 10.2. The number of carbonyl (C=O) groups is 3. The highest BCUT2D eigenvalue weighted by atomic mass is 35.5. The van der Waals surface area contributed by atoms with E-state index in [-0.39, 0.29) is 0 Å². The lowest BCUT2D eigenvalue weighted by Gasteiger charge is -2.09. The highest BCUT2D eigenvalue weighted by molar-refractivity contribution is 7.21. The summed E-state index contributed by atoms with van der Waals surface area (Å²) < 4.78 is 10.8. The van der Waals surface area contributed by atoms with Gasteiger partial charge in [0.25, 0.3) is 11.8 Å². The smallest absolute Gasteiger partial charge is 0.325 e. The summed E-state index contributed by atoms with van der Waals surface area (Å²) in [5, 5.41) is 6.42. The molecule has 2 N–H and O–H groups in total. The molecule has 0 unspecified atom stereocenters. The first-order chi connectivity index (χ1) is 14.4. The zero-order valence-electron chi connectivity index (χ0n) is 15.7. The van der Waals surface area contributed by atoms with E-state index < -0.39 is 30.9 Å². The maximum Gasteiger partial charge on any atom is 0.325 e. The van der Waals surface area contributed by atoms with E-state index in [0.717, 1.165) is 10.1 Å². The number of ether oxygens (including phenoxy) is 2. The van der Waals surface area contributed by atoms with Gasteiger partial charge in [-0.05, 0) is 24.3 Å². The van der Waals surface area contributed by atoms with Gasteiger partial charge in [0.2, 0.25) is 0 Å². The van der Waals surface area contributed by atoms with Gasteiger partial charge < -0.3 is 20.1 Å². The normalized spacial score (nSPS) is 10.5. The summed E-state index contributed by atoms with van der Waals surface area (Å²) in [4.78, 5) is 36.4. The number of amides is 2. The van der Waals surface area contributed by atoms with Crippen molar-refractivity contribution in [3.8, 4) is 5.75 Å². The third-order valence-electron chi connectivity index (χ3n) is 3.93. The monoisotopic (exact) mass is 466 g/mol. The molecule has 156 valence electrons. The zero-order chi connectivity index (χ0) is 21.7. The Morgan fingerprint density at radius 1 is 1.10 bits per heavy atom. The van der Waals surface area contributed by atoms with Crippen LogP contribution < -0.4 is 15.4 Å². The van der Waals surface area contributed by atoms with Crippen LogP contribution in [0.25, 0.3) is 10.1 Å². The molecule has 0 saturated heterocycles. The number of benzene rings is 2. The molecule has 2 aromatic carbocycles. The van der Waals surface area contributed by atoms with Crippen LogP contribution in [0.5, 0.6) is 5.75 Å². The van der Waals surface area contributed by atoms with Crippen LogP contribution in [0.2, 0.25) is 10.0 Å². The van der Waals surface area contributed by atoms with Crippen molar-refractivity contribution in [1.82, 2.24) is 5.32 Å². The first-order valence-corrected chi connectivity index (χ1v) is 10.2. The van der Waals surface area contributed by atoms with Gasteiger partial charge in [-0.2, -0.15) is 0 Å². The van der Waals surface area contributed by atoms with E-state index in [1.165, 1.54) is 24.5 Å². The molecular weight excluding hydrogens is 451 g/mol.